The van der Waals surface area contributed by atoms with Gasteiger partial charge in [-0.3, -0.25) is 9.36 Å². The van der Waals surface area contributed by atoms with Gasteiger partial charge in [0.25, 0.3) is 0 Å². The number of benzene rings is 2. The van der Waals surface area contributed by atoms with Crippen LogP contribution < -0.4 is 10.2 Å². The van der Waals surface area contributed by atoms with E-state index in [0.29, 0.717) is 5.56 Å². The third-order valence-corrected chi connectivity index (χ3v) is 3.92. The number of phenols is 1. The standard InChI is InChI=1S/C16H12NO8P/c18-11-6-10(24-8-26(21,22)23)7-12-13(11)15(19)14(17-20)16(25-12)9-4-2-1-3-5-9/h1-7,18H,8H2,(H2,21,22,23). The van der Waals surface area contributed by atoms with E-state index in [-0.39, 0.29) is 22.5 Å². The van der Waals surface area contributed by atoms with Gasteiger partial charge in [0.1, 0.15) is 22.5 Å². The molecule has 3 aromatic rings. The monoisotopic (exact) mass is 377 g/mol. The fourth-order valence-corrected chi connectivity index (χ4v) is 2.69. The summed E-state index contributed by atoms with van der Waals surface area (Å²) in [6.45, 7) is 0. The first kappa shape index (κ1) is 17.8. The second-order valence-electron chi connectivity index (χ2n) is 5.32. The SMILES string of the molecule is O=Nc1c(-c2ccccc2)oc2cc(OCP(=O)(O)O)cc(O)c2c1=O. The summed E-state index contributed by atoms with van der Waals surface area (Å²) in [6.07, 6.45) is -0.915. The largest absolute Gasteiger partial charge is 0.507 e. The molecule has 3 N–H and O–H groups in total. The minimum atomic E-state index is -4.44. The number of phenolic OH excluding ortho intramolecular Hbond substituents is 1. The lowest BCUT2D eigenvalue weighted by molar-refractivity contribution is 0.299. The van der Waals surface area contributed by atoms with Crippen LogP contribution in [0.15, 0.2) is 56.9 Å². The summed E-state index contributed by atoms with van der Waals surface area (Å²) in [6, 6.07) is 10.5. The van der Waals surface area contributed by atoms with Crippen LogP contribution in [0.25, 0.3) is 22.3 Å². The highest BCUT2D eigenvalue weighted by Gasteiger charge is 2.21. The van der Waals surface area contributed by atoms with Gasteiger partial charge < -0.3 is 24.0 Å². The zero-order valence-corrected chi connectivity index (χ0v) is 13.9. The van der Waals surface area contributed by atoms with Crippen LogP contribution in [0.3, 0.4) is 0 Å². The van der Waals surface area contributed by atoms with Crippen molar-refractivity contribution in [3.05, 3.63) is 57.6 Å². The van der Waals surface area contributed by atoms with Crippen LogP contribution in [0.4, 0.5) is 5.69 Å². The van der Waals surface area contributed by atoms with Crippen molar-refractivity contribution in [2.75, 3.05) is 6.35 Å². The van der Waals surface area contributed by atoms with Crippen molar-refractivity contribution in [1.82, 2.24) is 0 Å². The Morgan fingerprint density at radius 2 is 1.85 bits per heavy atom. The summed E-state index contributed by atoms with van der Waals surface area (Å²) in [5.74, 6) is -0.779. The van der Waals surface area contributed by atoms with Crippen LogP contribution >= 0.6 is 7.60 Å². The van der Waals surface area contributed by atoms with E-state index in [1.54, 1.807) is 30.3 Å². The van der Waals surface area contributed by atoms with Gasteiger partial charge in [0, 0.05) is 17.7 Å². The van der Waals surface area contributed by atoms with Crippen molar-refractivity contribution in [2.45, 2.75) is 0 Å². The maximum atomic E-state index is 12.5. The molecule has 0 aliphatic heterocycles. The highest BCUT2D eigenvalue weighted by atomic mass is 31.2. The Kier molecular flexibility index (Phi) is 4.60. The molecule has 0 aliphatic carbocycles. The van der Waals surface area contributed by atoms with E-state index in [9.17, 15) is 19.4 Å². The normalized spacial score (nSPS) is 11.5. The number of hydrogen-bond donors (Lipinski definition) is 3. The molecule has 0 unspecified atom stereocenters. The molecule has 1 heterocycles. The molecule has 26 heavy (non-hydrogen) atoms. The average molecular weight is 377 g/mol. The van der Waals surface area contributed by atoms with Crippen molar-refractivity contribution in [3.8, 4) is 22.8 Å². The van der Waals surface area contributed by atoms with Gasteiger partial charge in [-0.05, 0) is 5.18 Å². The first-order valence-electron chi connectivity index (χ1n) is 7.20. The lowest BCUT2D eigenvalue weighted by atomic mass is 10.1. The molecule has 0 spiro atoms. The van der Waals surface area contributed by atoms with Gasteiger partial charge >= 0.3 is 7.60 Å². The van der Waals surface area contributed by atoms with Gasteiger partial charge in [-0.15, -0.1) is 4.91 Å². The number of fused-ring (bicyclic) bond motifs is 1. The predicted octanol–water partition coefficient (Wildman–Crippen LogP) is 3.08. The van der Waals surface area contributed by atoms with Crippen molar-refractivity contribution in [3.63, 3.8) is 0 Å². The third kappa shape index (κ3) is 3.50. The van der Waals surface area contributed by atoms with Crippen LogP contribution in [-0.2, 0) is 4.57 Å². The molecule has 0 bridgehead atoms. The molecule has 2 aromatic carbocycles. The highest BCUT2D eigenvalue weighted by molar-refractivity contribution is 7.51. The molecule has 0 saturated carbocycles. The Labute approximate surface area is 145 Å². The van der Waals surface area contributed by atoms with Crippen LogP contribution in [0.2, 0.25) is 0 Å². The molecule has 3 rings (SSSR count). The third-order valence-electron chi connectivity index (χ3n) is 3.45. The summed E-state index contributed by atoms with van der Waals surface area (Å²) in [5.41, 5.74) is -1.04. The van der Waals surface area contributed by atoms with Gasteiger partial charge in [-0.25, -0.2) is 0 Å². The lowest BCUT2D eigenvalue weighted by Gasteiger charge is -2.10. The summed E-state index contributed by atoms with van der Waals surface area (Å²) in [4.78, 5) is 41.4. The maximum absolute atomic E-state index is 12.5. The number of rotatable bonds is 5. The Hall–Kier alpha value is -3.00. The molecule has 9 nitrogen and oxygen atoms in total. The van der Waals surface area contributed by atoms with Crippen molar-refractivity contribution >= 4 is 24.3 Å². The quantitative estimate of drug-likeness (QED) is 0.454. The topological polar surface area (TPSA) is 147 Å². The predicted molar refractivity (Wildman–Crippen MR) is 92.6 cm³/mol. The van der Waals surface area contributed by atoms with E-state index in [4.69, 9.17) is 18.9 Å². The molecule has 1 aromatic heterocycles. The van der Waals surface area contributed by atoms with Crippen LogP contribution in [0, 0.1) is 4.91 Å². The zero-order chi connectivity index (χ0) is 18.9. The molecule has 0 fully saturated rings. The van der Waals surface area contributed by atoms with Crippen LogP contribution in [0.5, 0.6) is 11.5 Å². The highest BCUT2D eigenvalue weighted by Crippen LogP contribution is 2.38. The molecule has 0 atom stereocenters. The summed E-state index contributed by atoms with van der Waals surface area (Å²) >= 11 is 0. The number of nitrogens with zero attached hydrogens (tertiary/aromatic N) is 1. The van der Waals surface area contributed by atoms with Crippen LogP contribution in [0.1, 0.15) is 0 Å². The molecule has 0 amide bonds. The number of nitroso groups, excluding NO2 is 1. The first-order chi connectivity index (χ1) is 12.3. The Morgan fingerprint density at radius 3 is 2.46 bits per heavy atom. The summed E-state index contributed by atoms with van der Waals surface area (Å²) in [5, 5.41) is 12.5. The van der Waals surface area contributed by atoms with Gasteiger partial charge in [-0.2, -0.15) is 0 Å². The molecule has 134 valence electrons. The average Bonchev–Trinajstić information content (AvgIpc) is 2.59. The van der Waals surface area contributed by atoms with E-state index in [0.717, 1.165) is 6.07 Å². The van der Waals surface area contributed by atoms with Crippen molar-refractivity contribution < 1.29 is 28.6 Å². The molecular weight excluding hydrogens is 365 g/mol. The molecule has 0 radical (unpaired) electrons. The van der Waals surface area contributed by atoms with E-state index in [2.05, 4.69) is 5.18 Å². The molecule has 10 heteroatoms. The molecule has 0 aliphatic rings. The van der Waals surface area contributed by atoms with Gasteiger partial charge in [0.2, 0.25) is 5.43 Å². The Balaban J connectivity index is 2.22. The number of ether oxygens (including phenoxy) is 1. The second-order valence-corrected chi connectivity index (χ2v) is 6.91. The number of hydrogen-bond acceptors (Lipinski definition) is 7. The van der Waals surface area contributed by atoms with E-state index in [1.165, 1.54) is 6.07 Å². The maximum Gasteiger partial charge on any atom is 0.362 e. The van der Waals surface area contributed by atoms with Gasteiger partial charge in [0.05, 0.1) is 0 Å². The van der Waals surface area contributed by atoms with E-state index in [1.807, 2.05) is 0 Å². The number of aromatic hydroxyl groups is 1. The van der Waals surface area contributed by atoms with E-state index >= 15 is 0 Å². The summed E-state index contributed by atoms with van der Waals surface area (Å²) < 4.78 is 21.4. The Morgan fingerprint density at radius 1 is 1.15 bits per heavy atom. The van der Waals surface area contributed by atoms with Gasteiger partial charge in [-0.1, -0.05) is 30.3 Å². The van der Waals surface area contributed by atoms with E-state index < -0.39 is 30.8 Å². The van der Waals surface area contributed by atoms with Crippen molar-refractivity contribution in [1.29, 1.82) is 0 Å². The lowest BCUT2D eigenvalue weighted by Crippen LogP contribution is -2.04. The van der Waals surface area contributed by atoms with Gasteiger partial charge in [0.15, 0.2) is 17.8 Å². The fraction of sp³-hybridized carbons (Fsp3) is 0.0625. The molecular formula is C16H12NO8P. The first-order valence-corrected chi connectivity index (χ1v) is 9.00. The molecule has 0 saturated heterocycles. The van der Waals surface area contributed by atoms with Crippen molar-refractivity contribution in [2.24, 2.45) is 5.18 Å². The minimum Gasteiger partial charge on any atom is -0.507 e. The Bertz CT molecular complexity index is 1090. The second kappa shape index (κ2) is 6.72. The summed E-state index contributed by atoms with van der Waals surface area (Å²) in [7, 11) is -4.44. The minimum absolute atomic E-state index is 0.0929. The zero-order valence-electron chi connectivity index (χ0n) is 13.0. The fourth-order valence-electron chi connectivity index (χ4n) is 2.37. The smallest absolute Gasteiger partial charge is 0.362 e. The van der Waals surface area contributed by atoms with Crippen LogP contribution in [-0.4, -0.2) is 21.2 Å².